The molecule has 1 unspecified atom stereocenters. The Morgan fingerprint density at radius 2 is 1.82 bits per heavy atom. The lowest BCUT2D eigenvalue weighted by Gasteiger charge is -2.23. The summed E-state index contributed by atoms with van der Waals surface area (Å²) >= 11 is 0. The number of rotatable bonds is 9. The highest BCUT2D eigenvalue weighted by molar-refractivity contribution is 5.99. The van der Waals surface area contributed by atoms with Gasteiger partial charge in [-0.3, -0.25) is 0 Å². The zero-order chi connectivity index (χ0) is 27.4. The number of nitrogens with zero attached hydrogens (tertiary/aromatic N) is 1. The predicted octanol–water partition coefficient (Wildman–Crippen LogP) is 7.03. The molecule has 3 aromatic carbocycles. The molecule has 1 heterocycles. The third-order valence-electron chi connectivity index (χ3n) is 7.65. The van der Waals surface area contributed by atoms with Crippen LogP contribution in [-0.2, 0) is 18.2 Å². The molecule has 0 bridgehead atoms. The van der Waals surface area contributed by atoms with E-state index in [2.05, 4.69) is 41.0 Å². The summed E-state index contributed by atoms with van der Waals surface area (Å²) in [6.07, 6.45) is 6.97. The van der Waals surface area contributed by atoms with Gasteiger partial charge in [-0.25, -0.2) is 9.59 Å². The number of carboxylic acids is 1. The molecule has 1 aromatic heterocycles. The van der Waals surface area contributed by atoms with E-state index in [-0.39, 0.29) is 5.56 Å². The Hall–Kier alpha value is -4.32. The van der Waals surface area contributed by atoms with Crippen molar-refractivity contribution in [2.45, 2.75) is 38.0 Å². The Bertz CT molecular complexity index is 1530. The standard InChI is InChI=1S/C33H33NO5/c1-34-29(12-7-19-39-27-11-6-10-26(20-27)33(37)38-2)31(28-18-17-25(32(35)36)21-30(28)34)24-15-13-23(14-16-24)22-8-4-3-5-9-22/h3-6,8-11,15,17-18,20-21,23H,7,12-14,16,19H2,1-2H3,(H,35,36). The number of aromatic nitrogens is 1. The van der Waals surface area contributed by atoms with Gasteiger partial charge >= 0.3 is 11.9 Å². The van der Waals surface area contributed by atoms with Gasteiger partial charge in [0.05, 0.1) is 24.8 Å². The molecule has 0 saturated heterocycles. The average Bonchev–Trinajstić information content (AvgIpc) is 3.26. The van der Waals surface area contributed by atoms with Gasteiger partial charge in [-0.05, 0) is 79.5 Å². The number of hydrogen-bond acceptors (Lipinski definition) is 4. The van der Waals surface area contributed by atoms with Gasteiger partial charge in [0.2, 0.25) is 0 Å². The highest BCUT2D eigenvalue weighted by Gasteiger charge is 2.23. The topological polar surface area (TPSA) is 77.8 Å². The van der Waals surface area contributed by atoms with Crippen LogP contribution in [-0.4, -0.2) is 35.3 Å². The van der Waals surface area contributed by atoms with E-state index in [0.29, 0.717) is 23.8 Å². The van der Waals surface area contributed by atoms with E-state index in [0.717, 1.165) is 43.0 Å². The predicted molar refractivity (Wildman–Crippen MR) is 152 cm³/mol. The monoisotopic (exact) mass is 523 g/mol. The van der Waals surface area contributed by atoms with E-state index in [1.54, 1.807) is 30.3 Å². The number of hydrogen-bond donors (Lipinski definition) is 1. The van der Waals surface area contributed by atoms with E-state index < -0.39 is 11.9 Å². The molecule has 0 saturated carbocycles. The molecule has 0 fully saturated rings. The maximum Gasteiger partial charge on any atom is 0.337 e. The van der Waals surface area contributed by atoms with Crippen LogP contribution < -0.4 is 4.74 Å². The third-order valence-corrected chi connectivity index (χ3v) is 7.65. The Morgan fingerprint density at radius 3 is 2.54 bits per heavy atom. The zero-order valence-corrected chi connectivity index (χ0v) is 22.4. The Morgan fingerprint density at radius 1 is 1.00 bits per heavy atom. The largest absolute Gasteiger partial charge is 0.494 e. The van der Waals surface area contributed by atoms with E-state index in [1.807, 2.05) is 19.2 Å². The van der Waals surface area contributed by atoms with E-state index in [4.69, 9.17) is 9.47 Å². The summed E-state index contributed by atoms with van der Waals surface area (Å²) < 4.78 is 12.9. The normalized spacial score (nSPS) is 15.1. The summed E-state index contributed by atoms with van der Waals surface area (Å²) in [6.45, 7) is 0.487. The first-order valence-electron chi connectivity index (χ1n) is 13.4. The Balaban J connectivity index is 1.39. The number of benzene rings is 3. The fraction of sp³-hybridized carbons (Fsp3) is 0.273. The van der Waals surface area contributed by atoms with Crippen LogP contribution >= 0.6 is 0 Å². The van der Waals surface area contributed by atoms with Crippen LogP contribution in [0.15, 0.2) is 78.9 Å². The molecule has 0 spiro atoms. The highest BCUT2D eigenvalue weighted by atomic mass is 16.5. The molecule has 1 aliphatic carbocycles. The average molecular weight is 524 g/mol. The first-order chi connectivity index (χ1) is 19.0. The van der Waals surface area contributed by atoms with Gasteiger partial charge in [0.25, 0.3) is 0 Å². The Labute approximate surface area is 228 Å². The summed E-state index contributed by atoms with van der Waals surface area (Å²) in [5, 5.41) is 10.7. The van der Waals surface area contributed by atoms with Gasteiger partial charge in [-0.1, -0.05) is 48.5 Å². The minimum absolute atomic E-state index is 0.289. The summed E-state index contributed by atoms with van der Waals surface area (Å²) in [5.41, 5.74) is 6.79. The van der Waals surface area contributed by atoms with Crippen molar-refractivity contribution in [3.8, 4) is 5.75 Å². The van der Waals surface area contributed by atoms with Crippen LogP contribution in [0.3, 0.4) is 0 Å². The first kappa shape index (κ1) is 26.3. The van der Waals surface area contributed by atoms with Crippen molar-refractivity contribution >= 4 is 28.4 Å². The van der Waals surface area contributed by atoms with Gasteiger partial charge in [0.15, 0.2) is 0 Å². The molecule has 6 nitrogen and oxygen atoms in total. The lowest BCUT2D eigenvalue weighted by Crippen LogP contribution is -2.07. The van der Waals surface area contributed by atoms with E-state index >= 15 is 0 Å². The van der Waals surface area contributed by atoms with Crippen molar-refractivity contribution < 1.29 is 24.2 Å². The summed E-state index contributed by atoms with van der Waals surface area (Å²) in [4.78, 5) is 23.5. The molecule has 1 atom stereocenters. The number of aryl methyl sites for hydroxylation is 1. The molecule has 200 valence electrons. The number of allylic oxidation sites excluding steroid dienone is 2. The minimum atomic E-state index is -0.925. The van der Waals surface area contributed by atoms with Crippen molar-refractivity contribution in [3.05, 3.63) is 107 Å². The van der Waals surface area contributed by atoms with Gasteiger partial charge in [0, 0.05) is 29.2 Å². The van der Waals surface area contributed by atoms with Crippen molar-refractivity contribution in [2.24, 2.45) is 7.05 Å². The molecule has 5 rings (SSSR count). The van der Waals surface area contributed by atoms with Gasteiger partial charge < -0.3 is 19.1 Å². The second-order valence-corrected chi connectivity index (χ2v) is 10.0. The molecule has 39 heavy (non-hydrogen) atoms. The second-order valence-electron chi connectivity index (χ2n) is 10.0. The number of carbonyl (C=O) groups excluding carboxylic acids is 1. The van der Waals surface area contributed by atoms with Crippen molar-refractivity contribution in [1.82, 2.24) is 4.57 Å². The maximum absolute atomic E-state index is 11.8. The van der Waals surface area contributed by atoms with Crippen LogP contribution in [0, 0.1) is 0 Å². The van der Waals surface area contributed by atoms with Crippen LogP contribution in [0.25, 0.3) is 16.5 Å². The van der Waals surface area contributed by atoms with E-state index in [9.17, 15) is 14.7 Å². The third kappa shape index (κ3) is 5.60. The zero-order valence-electron chi connectivity index (χ0n) is 22.4. The van der Waals surface area contributed by atoms with Crippen LogP contribution in [0.1, 0.15) is 69.1 Å². The quantitative estimate of drug-likeness (QED) is 0.188. The highest BCUT2D eigenvalue weighted by Crippen LogP contribution is 2.41. The van der Waals surface area contributed by atoms with Gasteiger partial charge in [-0.15, -0.1) is 0 Å². The van der Waals surface area contributed by atoms with Crippen molar-refractivity contribution in [1.29, 1.82) is 0 Å². The molecule has 4 aromatic rings. The number of esters is 1. The number of aromatic carboxylic acids is 1. The summed E-state index contributed by atoms with van der Waals surface area (Å²) in [6, 6.07) is 23.1. The summed E-state index contributed by atoms with van der Waals surface area (Å²) in [5.74, 6) is -0.174. The molecule has 0 amide bonds. The van der Waals surface area contributed by atoms with Crippen molar-refractivity contribution in [3.63, 3.8) is 0 Å². The molecule has 1 aliphatic rings. The molecule has 1 N–H and O–H groups in total. The van der Waals surface area contributed by atoms with Crippen LogP contribution in [0.4, 0.5) is 0 Å². The number of carboxylic acid groups (broad SMARTS) is 1. The number of fused-ring (bicyclic) bond motifs is 1. The molecular formula is C33H33NO5. The van der Waals surface area contributed by atoms with E-state index in [1.165, 1.54) is 29.5 Å². The second kappa shape index (κ2) is 11.6. The molecular weight excluding hydrogens is 490 g/mol. The van der Waals surface area contributed by atoms with Gasteiger partial charge in [-0.2, -0.15) is 0 Å². The maximum atomic E-state index is 11.8. The molecule has 6 heteroatoms. The smallest absolute Gasteiger partial charge is 0.337 e. The molecule has 0 aliphatic heterocycles. The van der Waals surface area contributed by atoms with Crippen LogP contribution in [0.5, 0.6) is 5.75 Å². The lowest BCUT2D eigenvalue weighted by molar-refractivity contribution is 0.0599. The molecule has 0 radical (unpaired) electrons. The van der Waals surface area contributed by atoms with Gasteiger partial charge in [0.1, 0.15) is 5.75 Å². The number of ether oxygens (including phenoxy) is 2. The number of methoxy groups -OCH3 is 1. The Kier molecular flexibility index (Phi) is 7.82. The SMILES string of the molecule is COC(=O)c1cccc(OCCCc2c(C3=CCC(c4ccccc4)CC3)c3ccc(C(=O)O)cc3n2C)c1. The minimum Gasteiger partial charge on any atom is -0.494 e. The fourth-order valence-electron chi connectivity index (χ4n) is 5.62. The number of carbonyl (C=O) groups is 2. The summed E-state index contributed by atoms with van der Waals surface area (Å²) in [7, 11) is 3.38. The fourth-order valence-corrected chi connectivity index (χ4v) is 5.62. The van der Waals surface area contributed by atoms with Crippen molar-refractivity contribution in [2.75, 3.05) is 13.7 Å². The van der Waals surface area contributed by atoms with Crippen LogP contribution in [0.2, 0.25) is 0 Å². The lowest BCUT2D eigenvalue weighted by atomic mass is 9.82. The first-order valence-corrected chi connectivity index (χ1v) is 13.4.